The maximum Gasteiger partial charge on any atom is 0.261 e. The Morgan fingerprint density at radius 2 is 1.81 bits per heavy atom. The monoisotopic (exact) mass is 346 g/mol. The Morgan fingerprint density at radius 1 is 1.04 bits per heavy atom. The smallest absolute Gasteiger partial charge is 0.261 e. The topological polar surface area (TPSA) is 77.1 Å². The number of rotatable bonds is 3. The molecular formula is C19H18N6O. The normalized spacial score (nSPS) is 11.0. The third-order valence-electron chi connectivity index (χ3n) is 4.48. The third kappa shape index (κ3) is 2.63. The lowest BCUT2D eigenvalue weighted by atomic mass is 10.1. The van der Waals surface area contributed by atoms with Crippen LogP contribution in [0.25, 0.3) is 16.9 Å². The minimum atomic E-state index is -0.260. The number of nitrogens with zero attached hydrogens (tertiary/aromatic N) is 5. The van der Waals surface area contributed by atoms with Crippen molar-refractivity contribution in [1.82, 2.24) is 24.4 Å². The second kappa shape index (κ2) is 6.11. The van der Waals surface area contributed by atoms with Gasteiger partial charge in [-0.25, -0.2) is 9.50 Å². The first-order chi connectivity index (χ1) is 12.5. The molecular weight excluding hydrogens is 328 g/mol. The number of anilines is 1. The molecule has 0 atom stereocenters. The van der Waals surface area contributed by atoms with Crippen LogP contribution in [-0.2, 0) is 7.05 Å². The number of amides is 1. The van der Waals surface area contributed by atoms with Crippen molar-refractivity contribution in [3.63, 3.8) is 0 Å². The lowest BCUT2D eigenvalue weighted by Crippen LogP contribution is -2.12. The summed E-state index contributed by atoms with van der Waals surface area (Å²) in [4.78, 5) is 17.1. The molecule has 0 radical (unpaired) electrons. The Labute approximate surface area is 150 Å². The molecule has 3 heterocycles. The maximum atomic E-state index is 12.7. The highest BCUT2D eigenvalue weighted by Crippen LogP contribution is 2.22. The molecule has 0 unspecified atom stereocenters. The molecule has 1 amide bonds. The quantitative estimate of drug-likeness (QED) is 0.619. The summed E-state index contributed by atoms with van der Waals surface area (Å²) < 4.78 is 3.40. The molecule has 4 rings (SSSR count). The zero-order chi connectivity index (χ0) is 18.3. The van der Waals surface area contributed by atoms with Crippen molar-refractivity contribution in [3.8, 4) is 11.3 Å². The van der Waals surface area contributed by atoms with E-state index < -0.39 is 0 Å². The van der Waals surface area contributed by atoms with Crippen LogP contribution in [0, 0.1) is 13.8 Å². The average Bonchev–Trinajstić information content (AvgIpc) is 3.21. The molecule has 0 fully saturated rings. The standard InChI is InChI=1S/C19H18N6O/c1-12-4-6-14(7-5-12)17-8-9-20-18-15(10-22-25(17)18)19(26)23-16-11-21-24(3)13(16)2/h4-11H,1-3H3,(H,23,26). The Bertz CT molecular complexity index is 1110. The van der Waals surface area contributed by atoms with E-state index >= 15 is 0 Å². The predicted octanol–water partition coefficient (Wildman–Crippen LogP) is 3.00. The molecule has 4 aromatic rings. The van der Waals surface area contributed by atoms with Crippen molar-refractivity contribution >= 4 is 17.2 Å². The van der Waals surface area contributed by atoms with Crippen LogP contribution in [0.2, 0.25) is 0 Å². The van der Waals surface area contributed by atoms with Gasteiger partial charge in [-0.1, -0.05) is 29.8 Å². The van der Waals surface area contributed by atoms with Crippen molar-refractivity contribution in [2.75, 3.05) is 5.32 Å². The summed E-state index contributed by atoms with van der Waals surface area (Å²) in [6, 6.07) is 10.0. The number of fused-ring (bicyclic) bond motifs is 1. The van der Waals surface area contributed by atoms with Crippen molar-refractivity contribution in [3.05, 3.63) is 65.7 Å². The highest BCUT2D eigenvalue weighted by Gasteiger charge is 2.17. The van der Waals surface area contributed by atoms with Crippen LogP contribution in [0.3, 0.4) is 0 Å². The second-order valence-electron chi connectivity index (χ2n) is 6.21. The van der Waals surface area contributed by atoms with Gasteiger partial charge in [-0.15, -0.1) is 0 Å². The van der Waals surface area contributed by atoms with E-state index in [1.807, 2.05) is 51.2 Å². The van der Waals surface area contributed by atoms with Crippen molar-refractivity contribution in [1.29, 1.82) is 0 Å². The predicted molar refractivity (Wildman–Crippen MR) is 99.1 cm³/mol. The summed E-state index contributed by atoms with van der Waals surface area (Å²) in [6.07, 6.45) is 4.86. The SMILES string of the molecule is Cc1ccc(-c2ccnc3c(C(=O)Nc4cnn(C)c4C)cnn23)cc1. The van der Waals surface area contributed by atoms with Crippen LogP contribution in [0.4, 0.5) is 5.69 Å². The van der Waals surface area contributed by atoms with Gasteiger partial charge in [-0.3, -0.25) is 9.48 Å². The van der Waals surface area contributed by atoms with Crippen molar-refractivity contribution < 1.29 is 4.79 Å². The van der Waals surface area contributed by atoms with Gasteiger partial charge in [0.25, 0.3) is 5.91 Å². The summed E-state index contributed by atoms with van der Waals surface area (Å²) in [6.45, 7) is 3.94. The number of nitrogens with one attached hydrogen (secondary N) is 1. The fraction of sp³-hybridized carbons (Fsp3) is 0.158. The fourth-order valence-electron chi connectivity index (χ4n) is 2.81. The molecule has 3 aromatic heterocycles. The van der Waals surface area contributed by atoms with Gasteiger partial charge in [0.05, 0.1) is 29.5 Å². The number of aromatic nitrogens is 5. The van der Waals surface area contributed by atoms with Crippen LogP contribution >= 0.6 is 0 Å². The Morgan fingerprint density at radius 3 is 2.50 bits per heavy atom. The lowest BCUT2D eigenvalue weighted by Gasteiger charge is -2.06. The molecule has 0 aliphatic heterocycles. The van der Waals surface area contributed by atoms with Crippen LogP contribution in [0.1, 0.15) is 21.6 Å². The summed E-state index contributed by atoms with van der Waals surface area (Å²) in [5.41, 5.74) is 5.57. The Hall–Kier alpha value is -3.48. The van der Waals surface area contributed by atoms with E-state index in [1.165, 1.54) is 5.56 Å². The first-order valence-electron chi connectivity index (χ1n) is 8.24. The zero-order valence-corrected chi connectivity index (χ0v) is 14.8. The third-order valence-corrected chi connectivity index (χ3v) is 4.48. The highest BCUT2D eigenvalue weighted by molar-refractivity contribution is 6.08. The van der Waals surface area contributed by atoms with Gasteiger partial charge in [0.15, 0.2) is 5.65 Å². The van der Waals surface area contributed by atoms with E-state index in [9.17, 15) is 4.79 Å². The molecule has 7 heteroatoms. The minimum Gasteiger partial charge on any atom is -0.319 e. The molecule has 7 nitrogen and oxygen atoms in total. The number of aryl methyl sites for hydroxylation is 2. The van der Waals surface area contributed by atoms with Crippen LogP contribution < -0.4 is 5.32 Å². The molecule has 0 saturated carbocycles. The molecule has 26 heavy (non-hydrogen) atoms. The van der Waals surface area contributed by atoms with Gasteiger partial charge in [-0.05, 0) is 19.9 Å². The van der Waals surface area contributed by atoms with Gasteiger partial charge >= 0.3 is 0 Å². The van der Waals surface area contributed by atoms with E-state index in [0.717, 1.165) is 17.0 Å². The highest BCUT2D eigenvalue weighted by atomic mass is 16.1. The summed E-state index contributed by atoms with van der Waals surface area (Å²) in [5.74, 6) is -0.260. The van der Waals surface area contributed by atoms with Gasteiger partial charge in [0, 0.05) is 18.8 Å². The van der Waals surface area contributed by atoms with Crippen LogP contribution in [0.15, 0.2) is 48.9 Å². The average molecular weight is 346 g/mol. The van der Waals surface area contributed by atoms with E-state index in [1.54, 1.807) is 27.8 Å². The van der Waals surface area contributed by atoms with Gasteiger partial charge in [0.1, 0.15) is 5.56 Å². The molecule has 130 valence electrons. The fourth-order valence-corrected chi connectivity index (χ4v) is 2.81. The molecule has 1 N–H and O–H groups in total. The summed E-state index contributed by atoms with van der Waals surface area (Å²) in [7, 11) is 1.83. The molecule has 0 aliphatic carbocycles. The van der Waals surface area contributed by atoms with Gasteiger partial charge in [-0.2, -0.15) is 10.2 Å². The Kier molecular flexibility index (Phi) is 3.76. The van der Waals surface area contributed by atoms with Crippen LogP contribution in [-0.4, -0.2) is 30.3 Å². The molecule has 0 spiro atoms. The minimum absolute atomic E-state index is 0.260. The van der Waals surface area contributed by atoms with Crippen molar-refractivity contribution in [2.45, 2.75) is 13.8 Å². The largest absolute Gasteiger partial charge is 0.319 e. The number of carbonyl (C=O) groups excluding carboxylic acids is 1. The van der Waals surface area contributed by atoms with Crippen LogP contribution in [0.5, 0.6) is 0 Å². The number of hydrogen-bond acceptors (Lipinski definition) is 4. The molecule has 0 bridgehead atoms. The number of hydrogen-bond donors (Lipinski definition) is 1. The second-order valence-corrected chi connectivity index (χ2v) is 6.21. The zero-order valence-electron chi connectivity index (χ0n) is 14.8. The molecule has 0 saturated heterocycles. The Balaban J connectivity index is 1.73. The number of benzene rings is 1. The van der Waals surface area contributed by atoms with Gasteiger partial charge < -0.3 is 5.32 Å². The van der Waals surface area contributed by atoms with E-state index in [0.29, 0.717) is 16.9 Å². The molecule has 1 aromatic carbocycles. The summed E-state index contributed by atoms with van der Waals surface area (Å²) in [5, 5.41) is 11.4. The van der Waals surface area contributed by atoms with E-state index in [4.69, 9.17) is 0 Å². The number of carbonyl (C=O) groups is 1. The van der Waals surface area contributed by atoms with E-state index in [-0.39, 0.29) is 5.91 Å². The van der Waals surface area contributed by atoms with Crippen molar-refractivity contribution in [2.24, 2.45) is 7.05 Å². The summed E-state index contributed by atoms with van der Waals surface area (Å²) >= 11 is 0. The molecule has 0 aliphatic rings. The first kappa shape index (κ1) is 16.0. The first-order valence-corrected chi connectivity index (χ1v) is 8.24. The van der Waals surface area contributed by atoms with E-state index in [2.05, 4.69) is 20.5 Å². The lowest BCUT2D eigenvalue weighted by molar-refractivity contribution is 0.102. The van der Waals surface area contributed by atoms with Gasteiger partial charge in [0.2, 0.25) is 0 Å². The maximum absolute atomic E-state index is 12.7.